The number of halogens is 2. The van der Waals surface area contributed by atoms with E-state index in [4.69, 9.17) is 5.73 Å². The van der Waals surface area contributed by atoms with Crippen LogP contribution in [0.5, 0.6) is 0 Å². The zero-order chi connectivity index (χ0) is 20.6. The molecule has 6 nitrogen and oxygen atoms in total. The standard InChI is InChI=1S/C23H30N4O2.2ClH/c1-17-9-11-19(25-22(28)12-10-18-7-3-4-8-20(18)24)15-21(17)26-23(29)16-27-13-5-2-6-14-27;;/h3-4,7-9,11,15H,2,5-6,10,12-14,16,24H2,1H3,(H,25,28)(H,26,29);2*1H. The number of nitrogens with one attached hydrogen (secondary N) is 2. The minimum absolute atomic E-state index is 0. The van der Waals surface area contributed by atoms with Crippen LogP contribution in [0.4, 0.5) is 17.1 Å². The average molecular weight is 467 g/mol. The molecule has 1 aliphatic heterocycles. The topological polar surface area (TPSA) is 87.5 Å². The highest BCUT2D eigenvalue weighted by Crippen LogP contribution is 2.21. The van der Waals surface area contributed by atoms with Gasteiger partial charge in [0.1, 0.15) is 0 Å². The molecule has 0 unspecified atom stereocenters. The number of nitrogens with two attached hydrogens (primary N) is 1. The van der Waals surface area contributed by atoms with E-state index in [0.717, 1.165) is 42.7 Å². The van der Waals surface area contributed by atoms with E-state index in [-0.39, 0.29) is 36.6 Å². The second-order valence-electron chi connectivity index (χ2n) is 7.66. The number of likely N-dealkylation sites (tertiary alicyclic amines) is 1. The highest BCUT2D eigenvalue weighted by atomic mass is 35.5. The number of carbonyl (C=O) groups is 2. The molecule has 1 fully saturated rings. The van der Waals surface area contributed by atoms with Crippen molar-refractivity contribution in [3.63, 3.8) is 0 Å². The highest BCUT2D eigenvalue weighted by Gasteiger charge is 2.15. The van der Waals surface area contributed by atoms with Crippen LogP contribution < -0.4 is 16.4 Å². The van der Waals surface area contributed by atoms with Crippen molar-refractivity contribution in [3.8, 4) is 0 Å². The molecule has 2 aromatic carbocycles. The number of amides is 2. The van der Waals surface area contributed by atoms with Gasteiger partial charge in [0.25, 0.3) is 0 Å². The Balaban J connectivity index is 0.00000240. The predicted octanol–water partition coefficient (Wildman–Crippen LogP) is 4.42. The zero-order valence-electron chi connectivity index (χ0n) is 17.9. The molecular weight excluding hydrogens is 435 g/mol. The van der Waals surface area contributed by atoms with Gasteiger partial charge in [-0.1, -0.05) is 30.7 Å². The Morgan fingerprint density at radius 2 is 1.68 bits per heavy atom. The van der Waals surface area contributed by atoms with E-state index in [9.17, 15) is 9.59 Å². The van der Waals surface area contributed by atoms with Gasteiger partial charge in [-0.25, -0.2) is 0 Å². The number of carbonyl (C=O) groups excluding carboxylic acids is 2. The van der Waals surface area contributed by atoms with E-state index in [1.54, 1.807) is 0 Å². The maximum Gasteiger partial charge on any atom is 0.238 e. The van der Waals surface area contributed by atoms with Gasteiger partial charge in [0.05, 0.1) is 6.54 Å². The van der Waals surface area contributed by atoms with E-state index < -0.39 is 0 Å². The quantitative estimate of drug-likeness (QED) is 0.527. The molecule has 0 aliphatic carbocycles. The van der Waals surface area contributed by atoms with Crippen LogP contribution in [0.3, 0.4) is 0 Å². The van der Waals surface area contributed by atoms with E-state index in [1.807, 2.05) is 49.4 Å². The molecule has 2 aromatic rings. The lowest BCUT2D eigenvalue weighted by atomic mass is 10.1. The van der Waals surface area contributed by atoms with E-state index >= 15 is 0 Å². The van der Waals surface area contributed by atoms with E-state index in [1.165, 1.54) is 6.42 Å². The van der Waals surface area contributed by atoms with Crippen LogP contribution in [0.25, 0.3) is 0 Å². The minimum atomic E-state index is -0.0808. The fourth-order valence-corrected chi connectivity index (χ4v) is 3.58. The van der Waals surface area contributed by atoms with Gasteiger partial charge in [-0.05, 0) is 68.6 Å². The molecule has 0 radical (unpaired) electrons. The third kappa shape index (κ3) is 8.40. The minimum Gasteiger partial charge on any atom is -0.399 e. The largest absolute Gasteiger partial charge is 0.399 e. The van der Waals surface area contributed by atoms with Crippen LogP contribution in [0, 0.1) is 6.92 Å². The summed E-state index contributed by atoms with van der Waals surface area (Å²) in [7, 11) is 0. The molecule has 1 aliphatic rings. The van der Waals surface area contributed by atoms with Crippen LogP contribution in [-0.4, -0.2) is 36.3 Å². The highest BCUT2D eigenvalue weighted by molar-refractivity contribution is 5.95. The molecular formula is C23H32Cl2N4O2. The second kappa shape index (κ2) is 13.2. The number of aryl methyl sites for hydroxylation is 2. The SMILES string of the molecule is Cc1ccc(NC(=O)CCc2ccccc2N)cc1NC(=O)CN1CCCCC1.Cl.Cl. The second-order valence-corrected chi connectivity index (χ2v) is 7.66. The van der Waals surface area contributed by atoms with Gasteiger partial charge in [0.15, 0.2) is 0 Å². The summed E-state index contributed by atoms with van der Waals surface area (Å²) < 4.78 is 0. The molecule has 31 heavy (non-hydrogen) atoms. The van der Waals surface area contributed by atoms with Gasteiger partial charge >= 0.3 is 0 Å². The fourth-order valence-electron chi connectivity index (χ4n) is 3.58. The van der Waals surface area contributed by atoms with Crippen molar-refractivity contribution in [2.75, 3.05) is 36.0 Å². The summed E-state index contributed by atoms with van der Waals surface area (Å²) in [4.78, 5) is 26.9. The molecule has 8 heteroatoms. The summed E-state index contributed by atoms with van der Waals surface area (Å²) >= 11 is 0. The molecule has 1 heterocycles. The summed E-state index contributed by atoms with van der Waals surface area (Å²) in [6.45, 7) is 4.32. The van der Waals surface area contributed by atoms with Crippen LogP contribution in [0.1, 0.15) is 36.8 Å². The maximum absolute atomic E-state index is 12.4. The van der Waals surface area contributed by atoms with Crippen molar-refractivity contribution in [2.45, 2.75) is 39.0 Å². The molecule has 0 atom stereocenters. The third-order valence-corrected chi connectivity index (χ3v) is 5.29. The Hall–Kier alpha value is -2.28. The van der Waals surface area contributed by atoms with Crippen LogP contribution in [-0.2, 0) is 16.0 Å². The summed E-state index contributed by atoms with van der Waals surface area (Å²) in [5.41, 5.74) is 9.98. The molecule has 2 amide bonds. The molecule has 3 rings (SSSR count). The summed E-state index contributed by atoms with van der Waals surface area (Å²) in [6, 6.07) is 13.1. The maximum atomic E-state index is 12.4. The van der Waals surface area contributed by atoms with Gasteiger partial charge in [0, 0.05) is 23.5 Å². The van der Waals surface area contributed by atoms with Gasteiger partial charge in [-0.15, -0.1) is 24.8 Å². The first-order chi connectivity index (χ1) is 14.0. The molecule has 0 spiro atoms. The monoisotopic (exact) mass is 466 g/mol. The third-order valence-electron chi connectivity index (χ3n) is 5.29. The zero-order valence-corrected chi connectivity index (χ0v) is 19.5. The lowest BCUT2D eigenvalue weighted by molar-refractivity contribution is -0.117. The Morgan fingerprint density at radius 3 is 2.39 bits per heavy atom. The summed E-state index contributed by atoms with van der Waals surface area (Å²) in [5.74, 6) is -0.0965. The molecule has 0 aromatic heterocycles. The van der Waals surface area contributed by atoms with Crippen LogP contribution in [0.2, 0.25) is 0 Å². The van der Waals surface area contributed by atoms with Crippen molar-refractivity contribution in [1.82, 2.24) is 4.90 Å². The lowest BCUT2D eigenvalue weighted by Crippen LogP contribution is -2.36. The Bertz CT molecular complexity index is 870. The van der Waals surface area contributed by atoms with Crippen molar-refractivity contribution in [1.29, 1.82) is 0 Å². The number of hydrogen-bond acceptors (Lipinski definition) is 4. The Labute approximate surface area is 196 Å². The van der Waals surface area contributed by atoms with Crippen molar-refractivity contribution in [3.05, 3.63) is 53.6 Å². The van der Waals surface area contributed by atoms with Crippen molar-refractivity contribution >= 4 is 53.7 Å². The number of benzene rings is 2. The molecule has 4 N–H and O–H groups in total. The molecule has 170 valence electrons. The van der Waals surface area contributed by atoms with E-state index in [2.05, 4.69) is 15.5 Å². The van der Waals surface area contributed by atoms with Crippen LogP contribution in [0.15, 0.2) is 42.5 Å². The first-order valence-electron chi connectivity index (χ1n) is 10.3. The van der Waals surface area contributed by atoms with Gasteiger partial charge in [-0.3, -0.25) is 14.5 Å². The van der Waals surface area contributed by atoms with Gasteiger partial charge in [-0.2, -0.15) is 0 Å². The van der Waals surface area contributed by atoms with Gasteiger partial charge < -0.3 is 16.4 Å². The fraction of sp³-hybridized carbons (Fsp3) is 0.391. The first kappa shape index (κ1) is 26.8. The first-order valence-corrected chi connectivity index (χ1v) is 10.3. The number of anilines is 3. The number of nitrogens with zero attached hydrogens (tertiary/aromatic N) is 1. The molecule has 1 saturated heterocycles. The van der Waals surface area contributed by atoms with Crippen molar-refractivity contribution < 1.29 is 9.59 Å². The predicted molar refractivity (Wildman–Crippen MR) is 132 cm³/mol. The Kier molecular flexibility index (Phi) is 11.4. The summed E-state index contributed by atoms with van der Waals surface area (Å²) in [6.07, 6.45) is 4.49. The number of para-hydroxylation sites is 1. The number of hydrogen-bond donors (Lipinski definition) is 3. The van der Waals surface area contributed by atoms with Gasteiger partial charge in [0.2, 0.25) is 11.8 Å². The number of nitrogen functional groups attached to an aromatic ring is 1. The van der Waals surface area contributed by atoms with Crippen LogP contribution >= 0.6 is 24.8 Å². The normalized spacial score (nSPS) is 13.5. The summed E-state index contributed by atoms with van der Waals surface area (Å²) in [5, 5.41) is 5.90. The molecule has 0 saturated carbocycles. The number of rotatable bonds is 7. The molecule has 0 bridgehead atoms. The van der Waals surface area contributed by atoms with E-state index in [0.29, 0.717) is 30.8 Å². The Morgan fingerprint density at radius 1 is 0.968 bits per heavy atom. The smallest absolute Gasteiger partial charge is 0.238 e. The lowest BCUT2D eigenvalue weighted by Gasteiger charge is -2.25. The van der Waals surface area contributed by atoms with Crippen molar-refractivity contribution in [2.24, 2.45) is 0 Å². The average Bonchev–Trinajstić information content (AvgIpc) is 2.70. The number of piperidine rings is 1.